The number of unbranched alkanes of at least 4 members (excludes halogenated alkanes) is 6. The van der Waals surface area contributed by atoms with E-state index in [9.17, 15) is 14.7 Å². The van der Waals surface area contributed by atoms with Gasteiger partial charge in [-0.25, -0.2) is 0 Å². The number of aliphatic carboxylic acids is 1. The van der Waals surface area contributed by atoms with E-state index in [2.05, 4.69) is 6.92 Å². The molecule has 124 valence electrons. The molecule has 1 N–H and O–H groups in total. The van der Waals surface area contributed by atoms with E-state index in [1.54, 1.807) is 11.8 Å². The van der Waals surface area contributed by atoms with Gasteiger partial charge in [-0.3, -0.25) is 9.59 Å². The van der Waals surface area contributed by atoms with Crippen LogP contribution >= 0.6 is 0 Å². The molecule has 0 saturated heterocycles. The van der Waals surface area contributed by atoms with Gasteiger partial charge in [-0.15, -0.1) is 0 Å². The van der Waals surface area contributed by atoms with Gasteiger partial charge in [0, 0.05) is 13.1 Å². The van der Waals surface area contributed by atoms with Crippen LogP contribution in [0.2, 0.25) is 0 Å². The summed E-state index contributed by atoms with van der Waals surface area (Å²) in [5.41, 5.74) is -1.27. The third kappa shape index (κ3) is 6.49. The second-order valence-corrected chi connectivity index (χ2v) is 5.99. The van der Waals surface area contributed by atoms with Crippen molar-refractivity contribution in [3.05, 3.63) is 0 Å². The zero-order valence-corrected chi connectivity index (χ0v) is 14.3. The molecule has 0 saturated carbocycles. The van der Waals surface area contributed by atoms with Crippen LogP contribution in [-0.2, 0) is 9.59 Å². The van der Waals surface area contributed by atoms with Crippen LogP contribution in [0.3, 0.4) is 0 Å². The smallest absolute Gasteiger partial charge is 0.318 e. The first kappa shape index (κ1) is 19.9. The number of carboxylic acid groups (broad SMARTS) is 1. The van der Waals surface area contributed by atoms with Crippen molar-refractivity contribution in [1.82, 2.24) is 4.90 Å². The Labute approximate surface area is 129 Å². The summed E-state index contributed by atoms with van der Waals surface area (Å²) in [4.78, 5) is 25.6. The van der Waals surface area contributed by atoms with Gasteiger partial charge in [-0.2, -0.15) is 0 Å². The standard InChI is InChI=1S/C17H33NO3/c1-5-8-9-10-11-12-13-14-17(4,16(20)21)15(19)18(6-2)7-3/h5-14H2,1-4H3,(H,20,21). The first-order valence-electron chi connectivity index (χ1n) is 8.46. The molecule has 1 amide bonds. The van der Waals surface area contributed by atoms with E-state index in [1.165, 1.54) is 25.7 Å². The lowest BCUT2D eigenvalue weighted by molar-refractivity contribution is -0.160. The number of carbonyl (C=O) groups is 2. The van der Waals surface area contributed by atoms with Crippen molar-refractivity contribution in [1.29, 1.82) is 0 Å². The molecule has 0 aliphatic heterocycles. The van der Waals surface area contributed by atoms with E-state index < -0.39 is 11.4 Å². The number of hydrogen-bond donors (Lipinski definition) is 1. The van der Waals surface area contributed by atoms with Crippen molar-refractivity contribution in [3.63, 3.8) is 0 Å². The van der Waals surface area contributed by atoms with Crippen LogP contribution in [0.15, 0.2) is 0 Å². The van der Waals surface area contributed by atoms with Crippen molar-refractivity contribution < 1.29 is 14.7 Å². The highest BCUT2D eigenvalue weighted by Crippen LogP contribution is 2.28. The van der Waals surface area contributed by atoms with Gasteiger partial charge >= 0.3 is 5.97 Å². The summed E-state index contributed by atoms with van der Waals surface area (Å²) >= 11 is 0. The number of amides is 1. The summed E-state index contributed by atoms with van der Waals surface area (Å²) in [6.45, 7) is 8.67. The van der Waals surface area contributed by atoms with Crippen LogP contribution < -0.4 is 0 Å². The number of carbonyl (C=O) groups excluding carboxylic acids is 1. The van der Waals surface area contributed by atoms with Crippen molar-refractivity contribution in [2.45, 2.75) is 79.1 Å². The van der Waals surface area contributed by atoms with Gasteiger partial charge in [0.25, 0.3) is 0 Å². The first-order chi connectivity index (χ1) is 9.93. The van der Waals surface area contributed by atoms with E-state index in [0.29, 0.717) is 19.5 Å². The molecule has 0 aromatic heterocycles. The Bertz CT molecular complexity index is 313. The summed E-state index contributed by atoms with van der Waals surface area (Å²) in [5.74, 6) is -1.24. The van der Waals surface area contributed by atoms with E-state index in [4.69, 9.17) is 0 Å². The predicted octanol–water partition coefficient (Wildman–Crippen LogP) is 4.09. The van der Waals surface area contributed by atoms with Gasteiger partial charge < -0.3 is 10.0 Å². The average Bonchev–Trinajstić information content (AvgIpc) is 2.46. The molecule has 0 fully saturated rings. The Hall–Kier alpha value is -1.06. The van der Waals surface area contributed by atoms with E-state index >= 15 is 0 Å². The Morgan fingerprint density at radius 1 is 0.905 bits per heavy atom. The van der Waals surface area contributed by atoms with Gasteiger partial charge in [-0.05, 0) is 27.2 Å². The fourth-order valence-corrected chi connectivity index (χ4v) is 2.60. The van der Waals surface area contributed by atoms with Crippen molar-refractivity contribution >= 4 is 11.9 Å². The third-order valence-electron chi connectivity index (χ3n) is 4.28. The normalized spacial score (nSPS) is 13.7. The average molecular weight is 299 g/mol. The zero-order chi connectivity index (χ0) is 16.3. The lowest BCUT2D eigenvalue weighted by atomic mass is 9.83. The molecule has 0 spiro atoms. The van der Waals surface area contributed by atoms with Gasteiger partial charge in [0.2, 0.25) is 5.91 Å². The Kier molecular flexibility index (Phi) is 10.1. The fraction of sp³-hybridized carbons (Fsp3) is 0.882. The molecule has 0 rings (SSSR count). The molecule has 0 heterocycles. The molecule has 0 radical (unpaired) electrons. The summed E-state index contributed by atoms with van der Waals surface area (Å²) in [7, 11) is 0. The Morgan fingerprint density at radius 2 is 1.38 bits per heavy atom. The van der Waals surface area contributed by atoms with Crippen LogP contribution in [0.25, 0.3) is 0 Å². The monoisotopic (exact) mass is 299 g/mol. The van der Waals surface area contributed by atoms with Gasteiger partial charge in [0.15, 0.2) is 0 Å². The van der Waals surface area contributed by atoms with Crippen LogP contribution in [-0.4, -0.2) is 35.0 Å². The van der Waals surface area contributed by atoms with Crippen molar-refractivity contribution in [3.8, 4) is 0 Å². The van der Waals surface area contributed by atoms with Gasteiger partial charge in [-0.1, -0.05) is 51.9 Å². The molecular weight excluding hydrogens is 266 g/mol. The highest BCUT2D eigenvalue weighted by Gasteiger charge is 2.42. The fourth-order valence-electron chi connectivity index (χ4n) is 2.60. The van der Waals surface area contributed by atoms with Crippen LogP contribution in [0.1, 0.15) is 79.1 Å². The topological polar surface area (TPSA) is 57.6 Å². The maximum atomic E-state index is 12.4. The number of carboxylic acids is 1. The molecule has 0 aliphatic rings. The van der Waals surface area contributed by atoms with Crippen LogP contribution in [0, 0.1) is 5.41 Å². The molecule has 1 atom stereocenters. The second kappa shape index (κ2) is 10.6. The highest BCUT2D eigenvalue weighted by atomic mass is 16.4. The maximum absolute atomic E-state index is 12.4. The molecule has 4 heteroatoms. The molecule has 4 nitrogen and oxygen atoms in total. The summed E-state index contributed by atoms with van der Waals surface area (Å²) in [6, 6.07) is 0. The largest absolute Gasteiger partial charge is 0.480 e. The van der Waals surface area contributed by atoms with E-state index in [1.807, 2.05) is 13.8 Å². The van der Waals surface area contributed by atoms with Crippen molar-refractivity contribution in [2.24, 2.45) is 5.41 Å². The number of nitrogens with zero attached hydrogens (tertiary/aromatic N) is 1. The van der Waals surface area contributed by atoms with Crippen molar-refractivity contribution in [2.75, 3.05) is 13.1 Å². The SMILES string of the molecule is CCCCCCCCCC(C)(C(=O)O)C(=O)N(CC)CC. The maximum Gasteiger partial charge on any atom is 0.318 e. The van der Waals surface area contributed by atoms with Gasteiger partial charge in [0.1, 0.15) is 5.41 Å². The summed E-state index contributed by atoms with van der Waals surface area (Å²) in [5, 5.41) is 9.47. The zero-order valence-electron chi connectivity index (χ0n) is 14.3. The molecule has 21 heavy (non-hydrogen) atoms. The number of rotatable bonds is 12. The predicted molar refractivity (Wildman–Crippen MR) is 86.3 cm³/mol. The van der Waals surface area contributed by atoms with E-state index in [-0.39, 0.29) is 5.91 Å². The van der Waals surface area contributed by atoms with E-state index in [0.717, 1.165) is 19.3 Å². The molecular formula is C17H33NO3. The lowest BCUT2D eigenvalue weighted by Gasteiger charge is -2.30. The first-order valence-corrected chi connectivity index (χ1v) is 8.46. The van der Waals surface area contributed by atoms with Crippen LogP contribution in [0.4, 0.5) is 0 Å². The Morgan fingerprint density at radius 3 is 1.81 bits per heavy atom. The third-order valence-corrected chi connectivity index (χ3v) is 4.28. The summed E-state index contributed by atoms with van der Waals surface area (Å²) in [6.07, 6.45) is 8.36. The molecule has 0 aromatic rings. The number of hydrogen-bond acceptors (Lipinski definition) is 2. The summed E-state index contributed by atoms with van der Waals surface area (Å²) < 4.78 is 0. The highest BCUT2D eigenvalue weighted by molar-refractivity contribution is 6.01. The van der Waals surface area contributed by atoms with Crippen LogP contribution in [0.5, 0.6) is 0 Å². The molecule has 0 bridgehead atoms. The molecule has 1 unspecified atom stereocenters. The minimum absolute atomic E-state index is 0.244. The minimum atomic E-state index is -1.27. The van der Waals surface area contributed by atoms with Gasteiger partial charge in [0.05, 0.1) is 0 Å². The molecule has 0 aliphatic carbocycles. The Balaban J connectivity index is 4.35. The second-order valence-electron chi connectivity index (χ2n) is 5.99. The minimum Gasteiger partial charge on any atom is -0.480 e. The quantitative estimate of drug-likeness (QED) is 0.436. The lowest BCUT2D eigenvalue weighted by Crippen LogP contribution is -2.46. The molecule has 0 aromatic carbocycles.